The minimum Gasteiger partial charge on any atom is -0.486 e. The molecule has 0 spiro atoms. The third kappa shape index (κ3) is 3.83. The Hall–Kier alpha value is -3.34. The van der Waals surface area contributed by atoms with Crippen molar-refractivity contribution in [3.63, 3.8) is 0 Å². The van der Waals surface area contributed by atoms with Crippen LogP contribution in [0.5, 0.6) is 11.5 Å². The number of likely N-dealkylation sites (N-methyl/N-ethyl adjacent to an activating group) is 1. The SMILES string of the molecule is CCN(C[C@@H]1COc2ccccc2O1)C(=O)Cn1nc(C)c(C)c(C#N)c1=O. The van der Waals surface area contributed by atoms with Crippen molar-refractivity contribution in [2.75, 3.05) is 19.7 Å². The van der Waals surface area contributed by atoms with Gasteiger partial charge in [0.05, 0.1) is 12.2 Å². The van der Waals surface area contributed by atoms with E-state index in [0.717, 1.165) is 4.68 Å². The maximum absolute atomic E-state index is 12.8. The van der Waals surface area contributed by atoms with E-state index in [-0.39, 0.29) is 24.1 Å². The van der Waals surface area contributed by atoms with E-state index in [9.17, 15) is 14.9 Å². The number of hydrogen-bond donors (Lipinski definition) is 0. The van der Waals surface area contributed by atoms with E-state index < -0.39 is 5.56 Å². The standard InChI is InChI=1S/C20H22N4O4/c1-4-23(10-15-12-27-17-7-5-6-8-18(17)28-15)19(25)11-24-20(26)16(9-21)13(2)14(3)22-24/h5-8,15H,4,10-12H2,1-3H3/t15-/m1/s1. The smallest absolute Gasteiger partial charge is 0.285 e. The summed E-state index contributed by atoms with van der Waals surface area (Å²) < 4.78 is 12.7. The summed E-state index contributed by atoms with van der Waals surface area (Å²) in [5.41, 5.74) is 0.549. The minimum atomic E-state index is -0.554. The molecule has 28 heavy (non-hydrogen) atoms. The first-order chi connectivity index (χ1) is 13.4. The molecule has 1 amide bonds. The van der Waals surface area contributed by atoms with E-state index in [4.69, 9.17) is 9.47 Å². The molecular formula is C20H22N4O4. The molecule has 1 aromatic heterocycles. The number of hydrogen-bond acceptors (Lipinski definition) is 6. The Morgan fingerprint density at radius 1 is 1.36 bits per heavy atom. The quantitative estimate of drug-likeness (QED) is 0.776. The lowest BCUT2D eigenvalue weighted by Crippen LogP contribution is -2.45. The lowest BCUT2D eigenvalue weighted by molar-refractivity contribution is -0.133. The average Bonchev–Trinajstić information content (AvgIpc) is 2.70. The fourth-order valence-electron chi connectivity index (χ4n) is 3.04. The second-order valence-electron chi connectivity index (χ2n) is 6.59. The van der Waals surface area contributed by atoms with Crippen molar-refractivity contribution in [1.29, 1.82) is 5.26 Å². The second-order valence-corrected chi connectivity index (χ2v) is 6.59. The van der Waals surface area contributed by atoms with Gasteiger partial charge in [0.2, 0.25) is 5.91 Å². The number of benzene rings is 1. The molecule has 1 aliphatic rings. The highest BCUT2D eigenvalue weighted by atomic mass is 16.6. The van der Waals surface area contributed by atoms with Gasteiger partial charge in [0.15, 0.2) is 17.6 Å². The van der Waals surface area contributed by atoms with Crippen LogP contribution < -0.4 is 15.0 Å². The first kappa shape index (κ1) is 19.4. The van der Waals surface area contributed by atoms with Gasteiger partial charge in [-0.05, 0) is 38.5 Å². The Balaban J connectivity index is 1.72. The van der Waals surface area contributed by atoms with Gasteiger partial charge in [0.1, 0.15) is 24.8 Å². The second kappa shape index (κ2) is 8.13. The van der Waals surface area contributed by atoms with Crippen LogP contribution >= 0.6 is 0 Å². The molecule has 1 aliphatic heterocycles. The molecule has 146 valence electrons. The zero-order valence-corrected chi connectivity index (χ0v) is 16.1. The van der Waals surface area contributed by atoms with Gasteiger partial charge < -0.3 is 14.4 Å². The van der Waals surface area contributed by atoms with Crippen LogP contribution in [0.4, 0.5) is 0 Å². The number of carbonyl (C=O) groups is 1. The molecule has 0 saturated carbocycles. The third-order valence-electron chi connectivity index (χ3n) is 4.76. The molecule has 0 saturated heterocycles. The van der Waals surface area contributed by atoms with Crippen molar-refractivity contribution in [3.05, 3.63) is 51.4 Å². The number of aromatic nitrogens is 2. The van der Waals surface area contributed by atoms with Crippen LogP contribution in [0.2, 0.25) is 0 Å². The van der Waals surface area contributed by atoms with E-state index in [1.54, 1.807) is 18.7 Å². The molecule has 0 N–H and O–H groups in total. The molecule has 1 aromatic carbocycles. The van der Waals surface area contributed by atoms with Crippen molar-refractivity contribution < 1.29 is 14.3 Å². The molecule has 8 nitrogen and oxygen atoms in total. The third-order valence-corrected chi connectivity index (χ3v) is 4.76. The number of nitriles is 1. The van der Waals surface area contributed by atoms with Gasteiger partial charge in [-0.2, -0.15) is 10.4 Å². The van der Waals surface area contributed by atoms with Gasteiger partial charge in [-0.3, -0.25) is 9.59 Å². The lowest BCUT2D eigenvalue weighted by Gasteiger charge is -2.31. The zero-order valence-electron chi connectivity index (χ0n) is 16.1. The molecule has 2 aromatic rings. The number of aryl methyl sites for hydroxylation is 1. The van der Waals surface area contributed by atoms with Crippen molar-refractivity contribution in [3.8, 4) is 17.6 Å². The highest BCUT2D eigenvalue weighted by molar-refractivity contribution is 5.76. The molecule has 2 heterocycles. The predicted octanol–water partition coefficient (Wildman–Crippen LogP) is 1.42. The van der Waals surface area contributed by atoms with E-state index in [2.05, 4.69) is 5.10 Å². The summed E-state index contributed by atoms with van der Waals surface area (Å²) in [6.45, 7) is 6.12. The molecule has 1 atom stereocenters. The summed E-state index contributed by atoms with van der Waals surface area (Å²) in [5.74, 6) is 1.06. The van der Waals surface area contributed by atoms with Crippen LogP contribution in [-0.4, -0.2) is 46.4 Å². The van der Waals surface area contributed by atoms with E-state index in [1.165, 1.54) is 0 Å². The molecule has 0 radical (unpaired) electrons. The Morgan fingerprint density at radius 2 is 2.07 bits per heavy atom. The first-order valence-electron chi connectivity index (χ1n) is 9.09. The van der Waals surface area contributed by atoms with Crippen LogP contribution in [-0.2, 0) is 11.3 Å². The number of carbonyl (C=O) groups excluding carboxylic acids is 1. The van der Waals surface area contributed by atoms with Gasteiger partial charge in [-0.15, -0.1) is 0 Å². The lowest BCUT2D eigenvalue weighted by atomic mass is 10.1. The van der Waals surface area contributed by atoms with Crippen LogP contribution in [0, 0.1) is 25.2 Å². The van der Waals surface area contributed by atoms with E-state index >= 15 is 0 Å². The Kier molecular flexibility index (Phi) is 5.64. The predicted molar refractivity (Wildman–Crippen MR) is 101 cm³/mol. The molecule has 8 heteroatoms. The summed E-state index contributed by atoms with van der Waals surface area (Å²) in [6, 6.07) is 9.28. The van der Waals surface area contributed by atoms with Crippen molar-refractivity contribution in [1.82, 2.24) is 14.7 Å². The molecule has 0 fully saturated rings. The fourth-order valence-corrected chi connectivity index (χ4v) is 3.04. The van der Waals surface area contributed by atoms with Crippen LogP contribution in [0.3, 0.4) is 0 Å². The normalized spacial score (nSPS) is 15.0. The van der Waals surface area contributed by atoms with Crippen LogP contribution in [0.1, 0.15) is 23.7 Å². The largest absolute Gasteiger partial charge is 0.486 e. The number of fused-ring (bicyclic) bond motifs is 1. The monoisotopic (exact) mass is 382 g/mol. The molecule has 0 bridgehead atoms. The fraction of sp³-hybridized carbons (Fsp3) is 0.400. The van der Waals surface area contributed by atoms with Gasteiger partial charge in [0, 0.05) is 6.54 Å². The van der Waals surface area contributed by atoms with Crippen LogP contribution in [0.15, 0.2) is 29.1 Å². The summed E-state index contributed by atoms with van der Waals surface area (Å²) in [6.07, 6.45) is -0.307. The van der Waals surface area contributed by atoms with Gasteiger partial charge in [-0.25, -0.2) is 4.68 Å². The molecule has 0 unspecified atom stereocenters. The van der Waals surface area contributed by atoms with Crippen molar-refractivity contribution in [2.24, 2.45) is 0 Å². The number of rotatable bonds is 5. The maximum atomic E-state index is 12.8. The highest BCUT2D eigenvalue weighted by Gasteiger charge is 2.25. The Labute approximate surface area is 162 Å². The van der Waals surface area contributed by atoms with Crippen molar-refractivity contribution >= 4 is 5.91 Å². The minimum absolute atomic E-state index is 0.0176. The number of nitrogens with zero attached hydrogens (tertiary/aromatic N) is 4. The van der Waals surface area contributed by atoms with Gasteiger partial charge in [0.25, 0.3) is 5.56 Å². The number of ether oxygens (including phenoxy) is 2. The summed E-state index contributed by atoms with van der Waals surface area (Å²) in [4.78, 5) is 26.8. The number of amides is 1. The number of para-hydroxylation sites is 2. The van der Waals surface area contributed by atoms with Gasteiger partial charge >= 0.3 is 0 Å². The topological polar surface area (TPSA) is 97.4 Å². The molecular weight excluding hydrogens is 360 g/mol. The Bertz CT molecular complexity index is 993. The summed E-state index contributed by atoms with van der Waals surface area (Å²) in [7, 11) is 0. The maximum Gasteiger partial charge on any atom is 0.285 e. The van der Waals surface area contributed by atoms with E-state index in [0.29, 0.717) is 42.5 Å². The van der Waals surface area contributed by atoms with E-state index in [1.807, 2.05) is 37.3 Å². The van der Waals surface area contributed by atoms with Crippen LogP contribution in [0.25, 0.3) is 0 Å². The highest BCUT2D eigenvalue weighted by Crippen LogP contribution is 2.31. The average molecular weight is 382 g/mol. The summed E-state index contributed by atoms with van der Waals surface area (Å²) >= 11 is 0. The molecule has 0 aliphatic carbocycles. The Morgan fingerprint density at radius 3 is 2.75 bits per heavy atom. The van der Waals surface area contributed by atoms with Crippen molar-refractivity contribution in [2.45, 2.75) is 33.4 Å². The first-order valence-corrected chi connectivity index (χ1v) is 9.09. The zero-order chi connectivity index (χ0) is 20.3. The molecule has 3 rings (SSSR count). The van der Waals surface area contributed by atoms with Gasteiger partial charge in [-0.1, -0.05) is 12.1 Å². The summed E-state index contributed by atoms with van der Waals surface area (Å²) in [5, 5.41) is 13.4.